The highest BCUT2D eigenvalue weighted by molar-refractivity contribution is 7.92. The molecule has 0 radical (unpaired) electrons. The number of hydrogen-bond donors (Lipinski definition) is 1. The van der Waals surface area contributed by atoms with Crippen LogP contribution in [0.25, 0.3) is 0 Å². The van der Waals surface area contributed by atoms with Gasteiger partial charge in [0.15, 0.2) is 0 Å². The van der Waals surface area contributed by atoms with Crippen LogP contribution in [0.5, 0.6) is 0 Å². The molecule has 0 spiro atoms. The van der Waals surface area contributed by atoms with Gasteiger partial charge in [-0.15, -0.1) is 0 Å². The van der Waals surface area contributed by atoms with Gasteiger partial charge in [-0.1, -0.05) is 18.2 Å². The number of rotatable bonds is 3. The first-order chi connectivity index (χ1) is 8.49. The summed E-state index contributed by atoms with van der Waals surface area (Å²) >= 11 is 0. The van der Waals surface area contributed by atoms with Gasteiger partial charge in [-0.2, -0.15) is 0 Å². The fraction of sp³-hybridized carbons (Fsp3) is 0. The van der Waals surface area contributed by atoms with Gasteiger partial charge in [0.25, 0.3) is 10.0 Å². The molecule has 0 heterocycles. The molecule has 2 aromatic carbocycles. The molecule has 0 aliphatic rings. The number of hydrogen-bond acceptors (Lipinski definition) is 2. The van der Waals surface area contributed by atoms with Crippen LogP contribution < -0.4 is 4.72 Å². The number of sulfonamides is 1. The number of halogens is 2. The molecule has 0 aliphatic carbocycles. The Morgan fingerprint density at radius 1 is 0.944 bits per heavy atom. The van der Waals surface area contributed by atoms with E-state index in [-0.39, 0.29) is 10.6 Å². The standard InChI is InChI=1S/C12H9F2NO2S/c13-9-6-7-12(11(14)8-9)15-18(16,17)10-4-2-1-3-5-10/h1-8,15H. The van der Waals surface area contributed by atoms with Gasteiger partial charge in [-0.05, 0) is 24.3 Å². The van der Waals surface area contributed by atoms with E-state index in [4.69, 9.17) is 0 Å². The van der Waals surface area contributed by atoms with Gasteiger partial charge in [-0.25, -0.2) is 17.2 Å². The minimum absolute atomic E-state index is 0.00808. The first kappa shape index (κ1) is 12.5. The van der Waals surface area contributed by atoms with E-state index in [2.05, 4.69) is 4.72 Å². The molecule has 18 heavy (non-hydrogen) atoms. The molecule has 0 fully saturated rings. The molecule has 2 aromatic rings. The second-order valence-electron chi connectivity index (χ2n) is 3.54. The van der Waals surface area contributed by atoms with E-state index in [1.165, 1.54) is 12.1 Å². The molecule has 0 atom stereocenters. The van der Waals surface area contributed by atoms with Gasteiger partial charge < -0.3 is 0 Å². The predicted molar refractivity (Wildman–Crippen MR) is 63.6 cm³/mol. The van der Waals surface area contributed by atoms with Crippen LogP contribution in [0.1, 0.15) is 0 Å². The monoisotopic (exact) mass is 269 g/mol. The van der Waals surface area contributed by atoms with Crippen LogP contribution in [0.15, 0.2) is 53.4 Å². The van der Waals surface area contributed by atoms with Gasteiger partial charge in [-0.3, -0.25) is 4.72 Å². The quantitative estimate of drug-likeness (QED) is 0.931. The van der Waals surface area contributed by atoms with Crippen LogP contribution in [0.3, 0.4) is 0 Å². The van der Waals surface area contributed by atoms with Gasteiger partial charge in [0.05, 0.1) is 10.6 Å². The molecular formula is C12H9F2NO2S. The molecule has 0 amide bonds. The lowest BCUT2D eigenvalue weighted by atomic mass is 10.3. The first-order valence-corrected chi connectivity index (χ1v) is 6.50. The van der Waals surface area contributed by atoms with E-state index in [9.17, 15) is 17.2 Å². The highest BCUT2D eigenvalue weighted by Crippen LogP contribution is 2.19. The van der Waals surface area contributed by atoms with Crippen LogP contribution in [0.2, 0.25) is 0 Å². The van der Waals surface area contributed by atoms with Crippen LogP contribution in [-0.2, 0) is 10.0 Å². The minimum atomic E-state index is -3.86. The molecule has 0 aromatic heterocycles. The third-order valence-electron chi connectivity index (χ3n) is 2.23. The summed E-state index contributed by atoms with van der Waals surface area (Å²) in [4.78, 5) is 0.00808. The number of nitrogens with one attached hydrogen (secondary N) is 1. The van der Waals surface area contributed by atoms with Crippen molar-refractivity contribution in [2.45, 2.75) is 4.90 Å². The van der Waals surface area contributed by atoms with Crippen molar-refractivity contribution in [3.63, 3.8) is 0 Å². The number of anilines is 1. The van der Waals surface area contributed by atoms with E-state index in [0.29, 0.717) is 6.07 Å². The van der Waals surface area contributed by atoms with Crippen molar-refractivity contribution in [2.75, 3.05) is 4.72 Å². The van der Waals surface area contributed by atoms with Crippen molar-refractivity contribution < 1.29 is 17.2 Å². The summed E-state index contributed by atoms with van der Waals surface area (Å²) in [5.74, 6) is -1.73. The van der Waals surface area contributed by atoms with E-state index >= 15 is 0 Å². The normalized spacial score (nSPS) is 11.2. The first-order valence-electron chi connectivity index (χ1n) is 5.02. The van der Waals surface area contributed by atoms with Crippen molar-refractivity contribution in [1.29, 1.82) is 0 Å². The Hall–Kier alpha value is -1.95. The second kappa shape index (κ2) is 4.73. The Balaban J connectivity index is 2.34. The molecule has 0 bridgehead atoms. The fourth-order valence-corrected chi connectivity index (χ4v) is 2.46. The average Bonchev–Trinajstić information content (AvgIpc) is 2.34. The van der Waals surface area contributed by atoms with E-state index in [1.54, 1.807) is 18.2 Å². The van der Waals surface area contributed by atoms with Gasteiger partial charge in [0.2, 0.25) is 0 Å². The molecule has 0 unspecified atom stereocenters. The van der Waals surface area contributed by atoms with Crippen molar-refractivity contribution in [3.05, 3.63) is 60.2 Å². The van der Waals surface area contributed by atoms with Crippen molar-refractivity contribution in [1.82, 2.24) is 0 Å². The van der Waals surface area contributed by atoms with Crippen molar-refractivity contribution in [2.24, 2.45) is 0 Å². The molecule has 6 heteroatoms. The minimum Gasteiger partial charge on any atom is -0.277 e. The molecule has 0 saturated heterocycles. The van der Waals surface area contributed by atoms with Crippen molar-refractivity contribution in [3.8, 4) is 0 Å². The molecule has 3 nitrogen and oxygen atoms in total. The molecule has 0 aliphatic heterocycles. The summed E-state index contributed by atoms with van der Waals surface area (Å²) < 4.78 is 51.8. The summed E-state index contributed by atoms with van der Waals surface area (Å²) in [6, 6.07) is 10.1. The highest BCUT2D eigenvalue weighted by atomic mass is 32.2. The van der Waals surface area contributed by atoms with Gasteiger partial charge in [0.1, 0.15) is 11.6 Å². The van der Waals surface area contributed by atoms with E-state index in [0.717, 1.165) is 12.1 Å². The SMILES string of the molecule is O=S(=O)(Nc1ccc(F)cc1F)c1ccccc1. The zero-order valence-corrected chi connectivity index (χ0v) is 9.92. The third kappa shape index (κ3) is 2.65. The Morgan fingerprint density at radius 3 is 2.22 bits per heavy atom. The van der Waals surface area contributed by atoms with Gasteiger partial charge in [0, 0.05) is 6.07 Å². The zero-order valence-electron chi connectivity index (χ0n) is 9.10. The fourth-order valence-electron chi connectivity index (χ4n) is 1.38. The van der Waals surface area contributed by atoms with Crippen LogP contribution in [0, 0.1) is 11.6 Å². The van der Waals surface area contributed by atoms with E-state index < -0.39 is 21.7 Å². The van der Waals surface area contributed by atoms with Crippen LogP contribution in [0.4, 0.5) is 14.5 Å². The molecule has 1 N–H and O–H groups in total. The third-order valence-corrected chi connectivity index (χ3v) is 3.61. The maximum Gasteiger partial charge on any atom is 0.261 e. The van der Waals surface area contributed by atoms with Gasteiger partial charge >= 0.3 is 0 Å². The largest absolute Gasteiger partial charge is 0.277 e. The maximum absolute atomic E-state index is 13.3. The molecule has 94 valence electrons. The smallest absolute Gasteiger partial charge is 0.261 e. The number of benzene rings is 2. The summed E-state index contributed by atoms with van der Waals surface area (Å²) in [7, 11) is -3.86. The molecule has 2 rings (SSSR count). The molecular weight excluding hydrogens is 260 g/mol. The maximum atomic E-state index is 13.3. The second-order valence-corrected chi connectivity index (χ2v) is 5.23. The molecule has 0 saturated carbocycles. The summed E-state index contributed by atoms with van der Waals surface area (Å²) in [5, 5.41) is 0. The lowest BCUT2D eigenvalue weighted by Gasteiger charge is -2.08. The lowest BCUT2D eigenvalue weighted by Crippen LogP contribution is -2.13. The lowest BCUT2D eigenvalue weighted by molar-refractivity contribution is 0.583. The summed E-state index contributed by atoms with van der Waals surface area (Å²) in [6.45, 7) is 0. The Bertz CT molecular complexity index is 657. The van der Waals surface area contributed by atoms with Crippen molar-refractivity contribution >= 4 is 15.7 Å². The zero-order chi connectivity index (χ0) is 13.2. The highest BCUT2D eigenvalue weighted by Gasteiger charge is 2.15. The average molecular weight is 269 g/mol. The summed E-state index contributed by atoms with van der Waals surface area (Å²) in [6.07, 6.45) is 0. The van der Waals surface area contributed by atoms with E-state index in [1.807, 2.05) is 0 Å². The topological polar surface area (TPSA) is 46.2 Å². The predicted octanol–water partition coefficient (Wildman–Crippen LogP) is 2.77. The Labute approximate surface area is 103 Å². The van der Waals surface area contributed by atoms with Crippen LogP contribution >= 0.6 is 0 Å². The van der Waals surface area contributed by atoms with Crippen LogP contribution in [-0.4, -0.2) is 8.42 Å². The Kier molecular flexibility index (Phi) is 3.29. The Morgan fingerprint density at radius 2 is 1.61 bits per heavy atom. The summed E-state index contributed by atoms with van der Waals surface area (Å²) in [5.41, 5.74) is -0.291.